The van der Waals surface area contributed by atoms with Crippen LogP contribution in [0.5, 0.6) is 0 Å². The summed E-state index contributed by atoms with van der Waals surface area (Å²) in [6.07, 6.45) is -0.310. The minimum atomic E-state index is -0.242. The molecule has 0 aliphatic carbocycles. The molecule has 1 aromatic carbocycles. The largest absolute Gasteiger partial charge is 0.364 e. The molecule has 0 aromatic heterocycles. The normalized spacial score (nSPS) is 30.4. The third-order valence-corrected chi connectivity index (χ3v) is 3.88. The molecular formula is C14H18N2O. The number of fused-ring (bicyclic) bond motifs is 2. The fourth-order valence-electron chi connectivity index (χ4n) is 2.75. The highest BCUT2D eigenvalue weighted by molar-refractivity contribution is 6.02. The van der Waals surface area contributed by atoms with Gasteiger partial charge in [-0.15, -0.1) is 0 Å². The fraction of sp³-hybridized carbons (Fsp3) is 0.500. The molecule has 0 bridgehead atoms. The summed E-state index contributed by atoms with van der Waals surface area (Å²) in [5.74, 6) is 0.0558. The number of nitrogens with one attached hydrogen (secondary N) is 1. The van der Waals surface area contributed by atoms with Crippen LogP contribution in [-0.2, 0) is 0 Å². The highest BCUT2D eigenvalue weighted by atomic mass is 16.2. The lowest BCUT2D eigenvalue weighted by Gasteiger charge is -2.39. The SMILES string of the molecule is [2H]C1CN2C(=O)c3cccc(C)c3NC2C1(C)C. The van der Waals surface area contributed by atoms with Gasteiger partial charge in [-0.3, -0.25) is 4.79 Å². The molecule has 1 saturated heterocycles. The van der Waals surface area contributed by atoms with Gasteiger partial charge in [-0.05, 0) is 25.0 Å². The quantitative estimate of drug-likeness (QED) is 0.744. The van der Waals surface area contributed by atoms with E-state index in [9.17, 15) is 4.79 Å². The van der Waals surface area contributed by atoms with E-state index in [1.54, 1.807) is 4.90 Å². The number of aryl methyl sites for hydroxylation is 1. The van der Waals surface area contributed by atoms with Crippen molar-refractivity contribution in [3.8, 4) is 0 Å². The predicted octanol–water partition coefficient (Wildman–Crippen LogP) is 2.62. The number of carbonyl (C=O) groups is 1. The highest BCUT2D eigenvalue weighted by Gasteiger charge is 2.46. The first-order valence-corrected chi connectivity index (χ1v) is 6.02. The van der Waals surface area contributed by atoms with Crippen LogP contribution in [0.2, 0.25) is 0 Å². The predicted molar refractivity (Wildman–Crippen MR) is 68.0 cm³/mol. The number of carbonyl (C=O) groups excluding carboxylic acids is 1. The summed E-state index contributed by atoms with van der Waals surface area (Å²) in [6, 6.07) is 5.78. The van der Waals surface area contributed by atoms with Gasteiger partial charge in [0.1, 0.15) is 6.17 Å². The van der Waals surface area contributed by atoms with Gasteiger partial charge < -0.3 is 10.2 Å². The molecule has 0 radical (unpaired) electrons. The molecule has 0 spiro atoms. The Bertz CT molecular complexity index is 527. The van der Waals surface area contributed by atoms with E-state index in [1.807, 2.05) is 25.1 Å². The van der Waals surface area contributed by atoms with Crippen LogP contribution in [0.3, 0.4) is 0 Å². The van der Waals surface area contributed by atoms with Crippen molar-refractivity contribution in [2.45, 2.75) is 33.3 Å². The van der Waals surface area contributed by atoms with Crippen LogP contribution in [0.4, 0.5) is 5.69 Å². The Morgan fingerprint density at radius 1 is 1.53 bits per heavy atom. The van der Waals surface area contributed by atoms with Crippen molar-refractivity contribution in [2.24, 2.45) is 5.41 Å². The zero-order chi connectivity index (χ0) is 13.1. The summed E-state index contributed by atoms with van der Waals surface area (Å²) in [4.78, 5) is 14.3. The number of hydrogen-bond donors (Lipinski definition) is 1. The Morgan fingerprint density at radius 3 is 3.06 bits per heavy atom. The van der Waals surface area contributed by atoms with Crippen LogP contribution in [0.1, 0.15) is 37.5 Å². The van der Waals surface area contributed by atoms with Gasteiger partial charge >= 0.3 is 0 Å². The first kappa shape index (κ1) is 9.51. The molecule has 1 fully saturated rings. The van der Waals surface area contributed by atoms with Gasteiger partial charge in [-0.2, -0.15) is 0 Å². The maximum atomic E-state index is 12.5. The van der Waals surface area contributed by atoms with E-state index < -0.39 is 0 Å². The lowest BCUT2D eigenvalue weighted by atomic mass is 9.88. The Hall–Kier alpha value is -1.51. The van der Waals surface area contributed by atoms with Gasteiger partial charge in [0.25, 0.3) is 5.91 Å². The lowest BCUT2D eigenvalue weighted by Crippen LogP contribution is -2.49. The molecule has 3 heteroatoms. The molecule has 1 N–H and O–H groups in total. The Morgan fingerprint density at radius 2 is 2.29 bits per heavy atom. The van der Waals surface area contributed by atoms with Crippen LogP contribution < -0.4 is 5.32 Å². The number of anilines is 1. The molecule has 0 saturated carbocycles. The summed E-state index contributed by atoms with van der Waals surface area (Å²) in [6.45, 7) is 6.63. The first-order chi connectivity index (χ1) is 8.43. The van der Waals surface area contributed by atoms with Gasteiger partial charge in [0.2, 0.25) is 0 Å². The van der Waals surface area contributed by atoms with E-state index in [1.165, 1.54) is 0 Å². The molecule has 2 atom stereocenters. The summed E-state index contributed by atoms with van der Waals surface area (Å²) in [5, 5.41) is 3.46. The number of hydrogen-bond acceptors (Lipinski definition) is 2. The summed E-state index contributed by atoms with van der Waals surface area (Å²) >= 11 is 0. The van der Waals surface area contributed by atoms with Crippen LogP contribution in [-0.4, -0.2) is 23.5 Å². The molecule has 1 amide bonds. The Kier molecular flexibility index (Phi) is 1.82. The molecule has 17 heavy (non-hydrogen) atoms. The minimum Gasteiger partial charge on any atom is -0.364 e. The van der Waals surface area contributed by atoms with Gasteiger partial charge in [0.15, 0.2) is 0 Å². The second-order valence-electron chi connectivity index (χ2n) is 5.53. The average molecular weight is 231 g/mol. The zero-order valence-electron chi connectivity index (χ0n) is 11.4. The fourth-order valence-corrected chi connectivity index (χ4v) is 2.75. The van der Waals surface area contributed by atoms with Crippen molar-refractivity contribution in [3.05, 3.63) is 29.3 Å². The van der Waals surface area contributed by atoms with Crippen LogP contribution >= 0.6 is 0 Å². The number of amides is 1. The highest BCUT2D eigenvalue weighted by Crippen LogP contribution is 2.41. The maximum absolute atomic E-state index is 12.5. The molecule has 90 valence electrons. The second kappa shape index (κ2) is 3.25. The van der Waals surface area contributed by atoms with E-state index in [0.717, 1.165) is 16.8 Å². The van der Waals surface area contributed by atoms with E-state index >= 15 is 0 Å². The third-order valence-electron chi connectivity index (χ3n) is 3.88. The monoisotopic (exact) mass is 231 g/mol. The summed E-state index contributed by atoms with van der Waals surface area (Å²) in [7, 11) is 0. The van der Waals surface area contributed by atoms with E-state index in [0.29, 0.717) is 6.54 Å². The molecule has 2 heterocycles. The number of para-hydroxylation sites is 1. The standard InChI is InChI=1S/C14H18N2O/c1-9-5-4-6-10-11(9)15-13-14(2,3)7-8-16(13)12(10)17/h4-6,13,15H,7-8H2,1-3H3/i7D. The van der Waals surface area contributed by atoms with Crippen molar-refractivity contribution in [2.75, 3.05) is 11.9 Å². The molecule has 2 aliphatic rings. The van der Waals surface area contributed by atoms with Gasteiger partial charge in [0, 0.05) is 13.3 Å². The first-order valence-electron chi connectivity index (χ1n) is 6.60. The van der Waals surface area contributed by atoms with E-state index in [2.05, 4.69) is 19.2 Å². The number of rotatable bonds is 0. The molecule has 3 rings (SSSR count). The number of benzene rings is 1. The molecule has 2 unspecified atom stereocenters. The molecular weight excluding hydrogens is 212 g/mol. The summed E-state index contributed by atoms with van der Waals surface area (Å²) < 4.78 is 8.15. The Labute approximate surface area is 103 Å². The van der Waals surface area contributed by atoms with E-state index in [-0.39, 0.29) is 23.9 Å². The molecule has 3 nitrogen and oxygen atoms in total. The average Bonchev–Trinajstić information content (AvgIpc) is 2.54. The van der Waals surface area contributed by atoms with Gasteiger partial charge in [-0.25, -0.2) is 0 Å². The second-order valence-corrected chi connectivity index (χ2v) is 5.53. The van der Waals surface area contributed by atoms with Gasteiger partial charge in [-0.1, -0.05) is 26.0 Å². The van der Waals surface area contributed by atoms with Gasteiger partial charge in [0.05, 0.1) is 11.3 Å². The lowest BCUT2D eigenvalue weighted by molar-refractivity contribution is 0.0699. The van der Waals surface area contributed by atoms with Crippen molar-refractivity contribution < 1.29 is 6.17 Å². The minimum absolute atomic E-state index is 0.0558. The van der Waals surface area contributed by atoms with E-state index in [4.69, 9.17) is 1.37 Å². The topological polar surface area (TPSA) is 32.3 Å². The molecule has 2 aliphatic heterocycles. The van der Waals surface area contributed by atoms with Crippen molar-refractivity contribution in [1.82, 2.24) is 4.90 Å². The van der Waals surface area contributed by atoms with Crippen molar-refractivity contribution in [3.63, 3.8) is 0 Å². The van der Waals surface area contributed by atoms with Crippen molar-refractivity contribution in [1.29, 1.82) is 0 Å². The number of nitrogens with zero attached hydrogens (tertiary/aromatic N) is 1. The van der Waals surface area contributed by atoms with Crippen molar-refractivity contribution >= 4 is 11.6 Å². The smallest absolute Gasteiger partial charge is 0.257 e. The van der Waals surface area contributed by atoms with Crippen LogP contribution in [0.15, 0.2) is 18.2 Å². The summed E-state index contributed by atoms with van der Waals surface area (Å²) in [5.41, 5.74) is 2.53. The maximum Gasteiger partial charge on any atom is 0.257 e. The third kappa shape index (κ3) is 1.38. The van der Waals surface area contributed by atoms with Crippen LogP contribution in [0.25, 0.3) is 0 Å². The Balaban J connectivity index is 2.11. The molecule has 1 aromatic rings. The van der Waals surface area contributed by atoms with Crippen LogP contribution in [0, 0.1) is 12.3 Å². The zero-order valence-corrected chi connectivity index (χ0v) is 10.4.